The maximum absolute atomic E-state index is 11.4. The number of nitrogens with two attached hydrogens (primary N) is 1. The summed E-state index contributed by atoms with van der Waals surface area (Å²) < 4.78 is 27.5. The van der Waals surface area contributed by atoms with Gasteiger partial charge < -0.3 is 9.84 Å². The van der Waals surface area contributed by atoms with Crippen LogP contribution < -0.4 is 5.14 Å². The van der Waals surface area contributed by atoms with Crippen LogP contribution in [0.2, 0.25) is 0 Å². The van der Waals surface area contributed by atoms with Crippen molar-refractivity contribution in [1.82, 2.24) is 0 Å². The maximum Gasteiger partial charge on any atom is 0.214 e. The van der Waals surface area contributed by atoms with Crippen molar-refractivity contribution in [2.75, 3.05) is 19.8 Å². The van der Waals surface area contributed by atoms with Crippen molar-refractivity contribution in [1.29, 1.82) is 0 Å². The number of aliphatic hydroxyl groups is 1. The Morgan fingerprint density at radius 3 is 1.83 bits per heavy atom. The summed E-state index contributed by atoms with van der Waals surface area (Å²) in [5.41, 5.74) is 0.294. The van der Waals surface area contributed by atoms with Crippen molar-refractivity contribution in [3.8, 4) is 0 Å². The molecule has 0 aliphatic rings. The van der Waals surface area contributed by atoms with E-state index in [2.05, 4.69) is 13.8 Å². The SMILES string of the molecule is CC(C)(CCCO)CCCCOCCCCC(C)(C)S(N)(=O)=O. The van der Waals surface area contributed by atoms with E-state index in [1.807, 2.05) is 0 Å². The molecule has 0 radical (unpaired) electrons. The summed E-state index contributed by atoms with van der Waals surface area (Å²) in [5.74, 6) is 0. The van der Waals surface area contributed by atoms with Crippen LogP contribution in [0.25, 0.3) is 0 Å². The molecule has 5 nitrogen and oxygen atoms in total. The molecule has 0 heterocycles. The molecule has 140 valence electrons. The fourth-order valence-electron chi connectivity index (χ4n) is 2.49. The summed E-state index contributed by atoms with van der Waals surface area (Å²) in [7, 11) is -3.48. The molecule has 23 heavy (non-hydrogen) atoms. The quantitative estimate of drug-likeness (QED) is 0.470. The Kier molecular flexibility index (Phi) is 10.6. The Labute approximate surface area is 143 Å². The van der Waals surface area contributed by atoms with Gasteiger partial charge in [-0.2, -0.15) is 0 Å². The van der Waals surface area contributed by atoms with Gasteiger partial charge in [-0.25, -0.2) is 13.6 Å². The van der Waals surface area contributed by atoms with Crippen LogP contribution in [0.15, 0.2) is 0 Å². The van der Waals surface area contributed by atoms with E-state index in [0.29, 0.717) is 18.4 Å². The Hall–Kier alpha value is -0.170. The highest BCUT2D eigenvalue weighted by molar-refractivity contribution is 7.90. The Morgan fingerprint density at radius 2 is 1.35 bits per heavy atom. The lowest BCUT2D eigenvalue weighted by Gasteiger charge is -2.24. The Morgan fingerprint density at radius 1 is 0.870 bits per heavy atom. The van der Waals surface area contributed by atoms with Gasteiger partial charge in [0.2, 0.25) is 10.0 Å². The highest BCUT2D eigenvalue weighted by atomic mass is 32.2. The molecule has 0 aromatic carbocycles. The first-order chi connectivity index (χ1) is 10.5. The van der Waals surface area contributed by atoms with Gasteiger partial charge in [0, 0.05) is 19.8 Å². The predicted octanol–water partition coefficient (Wildman–Crippen LogP) is 3.21. The Bertz CT molecular complexity index is 405. The van der Waals surface area contributed by atoms with Crippen LogP contribution in [0.4, 0.5) is 0 Å². The number of hydrogen-bond acceptors (Lipinski definition) is 4. The minimum Gasteiger partial charge on any atom is -0.396 e. The van der Waals surface area contributed by atoms with Crippen LogP contribution >= 0.6 is 0 Å². The first-order valence-corrected chi connectivity index (χ1v) is 10.3. The summed E-state index contributed by atoms with van der Waals surface area (Å²) in [6.45, 7) is 9.54. The fourth-order valence-corrected chi connectivity index (χ4v) is 2.92. The van der Waals surface area contributed by atoms with E-state index in [4.69, 9.17) is 15.0 Å². The van der Waals surface area contributed by atoms with Crippen LogP contribution in [0.1, 0.15) is 79.1 Å². The molecule has 0 aromatic rings. The zero-order chi connectivity index (χ0) is 18.0. The number of primary sulfonamides is 1. The van der Waals surface area contributed by atoms with Gasteiger partial charge in [-0.15, -0.1) is 0 Å². The van der Waals surface area contributed by atoms with E-state index in [0.717, 1.165) is 51.6 Å². The summed E-state index contributed by atoms with van der Waals surface area (Å²) >= 11 is 0. The van der Waals surface area contributed by atoms with E-state index in [-0.39, 0.29) is 6.61 Å². The minimum absolute atomic E-state index is 0.273. The second-order valence-corrected chi connectivity index (χ2v) is 10.0. The normalized spacial score (nSPS) is 13.5. The monoisotopic (exact) mass is 351 g/mol. The summed E-state index contributed by atoms with van der Waals surface area (Å²) in [6.07, 6.45) is 7.50. The van der Waals surface area contributed by atoms with E-state index < -0.39 is 14.8 Å². The number of ether oxygens (including phenoxy) is 1. The Balaban J connectivity index is 3.58. The van der Waals surface area contributed by atoms with E-state index in [1.165, 1.54) is 0 Å². The molecule has 0 saturated carbocycles. The summed E-state index contributed by atoms with van der Waals surface area (Å²) in [4.78, 5) is 0. The smallest absolute Gasteiger partial charge is 0.214 e. The topological polar surface area (TPSA) is 89.6 Å². The molecule has 0 atom stereocenters. The van der Waals surface area contributed by atoms with Gasteiger partial charge in [0.05, 0.1) is 4.75 Å². The average molecular weight is 352 g/mol. The van der Waals surface area contributed by atoms with Crippen LogP contribution in [-0.2, 0) is 14.8 Å². The summed E-state index contributed by atoms with van der Waals surface area (Å²) in [6, 6.07) is 0. The lowest BCUT2D eigenvalue weighted by atomic mass is 9.83. The van der Waals surface area contributed by atoms with Gasteiger partial charge in [-0.3, -0.25) is 0 Å². The lowest BCUT2D eigenvalue weighted by molar-refractivity contribution is 0.121. The molecule has 0 aliphatic heterocycles. The highest BCUT2D eigenvalue weighted by Gasteiger charge is 2.29. The predicted molar refractivity (Wildman–Crippen MR) is 95.8 cm³/mol. The van der Waals surface area contributed by atoms with Gasteiger partial charge >= 0.3 is 0 Å². The molecule has 0 unspecified atom stereocenters. The number of unbranched alkanes of at least 4 members (excludes halogenated alkanes) is 2. The van der Waals surface area contributed by atoms with Gasteiger partial charge in [0.1, 0.15) is 0 Å². The second kappa shape index (κ2) is 10.6. The molecule has 0 bridgehead atoms. The van der Waals surface area contributed by atoms with Crippen LogP contribution in [0.3, 0.4) is 0 Å². The molecule has 0 amide bonds. The van der Waals surface area contributed by atoms with Crippen LogP contribution in [-0.4, -0.2) is 38.1 Å². The van der Waals surface area contributed by atoms with Crippen molar-refractivity contribution < 1.29 is 18.3 Å². The molecule has 0 aliphatic carbocycles. The highest BCUT2D eigenvalue weighted by Crippen LogP contribution is 2.28. The third kappa shape index (κ3) is 11.1. The van der Waals surface area contributed by atoms with Gasteiger partial charge in [0.15, 0.2) is 0 Å². The molecule has 0 rings (SSSR count). The van der Waals surface area contributed by atoms with E-state index in [1.54, 1.807) is 13.8 Å². The molecular formula is C17H37NO4S. The van der Waals surface area contributed by atoms with E-state index in [9.17, 15) is 8.42 Å². The fraction of sp³-hybridized carbons (Fsp3) is 1.00. The number of aliphatic hydroxyl groups excluding tert-OH is 1. The average Bonchev–Trinajstić information content (AvgIpc) is 2.42. The van der Waals surface area contributed by atoms with Crippen molar-refractivity contribution in [3.05, 3.63) is 0 Å². The summed E-state index contributed by atoms with van der Waals surface area (Å²) in [5, 5.41) is 14.1. The van der Waals surface area contributed by atoms with Gasteiger partial charge in [-0.1, -0.05) is 20.3 Å². The van der Waals surface area contributed by atoms with Crippen molar-refractivity contribution in [2.24, 2.45) is 10.6 Å². The van der Waals surface area contributed by atoms with Crippen LogP contribution in [0, 0.1) is 5.41 Å². The largest absolute Gasteiger partial charge is 0.396 e. The molecule has 3 N–H and O–H groups in total. The lowest BCUT2D eigenvalue weighted by Crippen LogP contribution is -2.37. The first kappa shape index (κ1) is 22.8. The maximum atomic E-state index is 11.4. The number of sulfonamides is 1. The van der Waals surface area contributed by atoms with Gasteiger partial charge in [-0.05, 0) is 64.2 Å². The van der Waals surface area contributed by atoms with Crippen molar-refractivity contribution in [2.45, 2.75) is 83.8 Å². The third-order valence-corrected chi connectivity index (χ3v) is 6.24. The zero-order valence-corrected chi connectivity index (χ0v) is 16.3. The molecule has 0 aromatic heterocycles. The van der Waals surface area contributed by atoms with Crippen molar-refractivity contribution >= 4 is 10.0 Å². The van der Waals surface area contributed by atoms with Gasteiger partial charge in [0.25, 0.3) is 0 Å². The molecule has 0 saturated heterocycles. The second-order valence-electron chi connectivity index (χ2n) is 7.82. The van der Waals surface area contributed by atoms with E-state index >= 15 is 0 Å². The van der Waals surface area contributed by atoms with Crippen molar-refractivity contribution in [3.63, 3.8) is 0 Å². The number of rotatable bonds is 14. The number of hydrogen-bond donors (Lipinski definition) is 2. The first-order valence-electron chi connectivity index (χ1n) is 8.73. The third-order valence-electron chi connectivity index (χ3n) is 4.49. The molecule has 0 spiro atoms. The zero-order valence-electron chi connectivity index (χ0n) is 15.4. The van der Waals surface area contributed by atoms with Crippen LogP contribution in [0.5, 0.6) is 0 Å². The standard InChI is InChI=1S/C17H37NO4S/c1-16(2,11-9-13-19)10-5-7-14-22-15-8-6-12-17(3,4)23(18,20)21/h19H,5-15H2,1-4H3,(H2,18,20,21). The molecule has 0 fully saturated rings. The molecular weight excluding hydrogens is 314 g/mol. The minimum atomic E-state index is -3.48. The molecule has 6 heteroatoms.